The molecule has 1 saturated heterocycles. The van der Waals surface area contributed by atoms with Crippen molar-refractivity contribution in [3.05, 3.63) is 58.6 Å². The molecule has 34 heavy (non-hydrogen) atoms. The van der Waals surface area contributed by atoms with Gasteiger partial charge in [0, 0.05) is 32.2 Å². The molecule has 1 aliphatic heterocycles. The molecule has 2 aromatic carbocycles. The molecule has 0 unspecified atom stereocenters. The second-order valence-electron chi connectivity index (χ2n) is 8.50. The van der Waals surface area contributed by atoms with Crippen LogP contribution in [0.25, 0.3) is 0 Å². The van der Waals surface area contributed by atoms with Crippen molar-refractivity contribution in [3.8, 4) is 0 Å². The summed E-state index contributed by atoms with van der Waals surface area (Å²) in [6, 6.07) is 9.80. The normalized spacial score (nSPS) is 16.3. The number of hydrogen-bond donors (Lipinski definition) is 1. The zero-order chi connectivity index (χ0) is 24.9. The van der Waals surface area contributed by atoms with Crippen molar-refractivity contribution in [2.24, 2.45) is 0 Å². The Morgan fingerprint density at radius 3 is 2.44 bits per heavy atom. The average Bonchev–Trinajstić information content (AvgIpc) is 2.78. The highest BCUT2D eigenvalue weighted by Gasteiger charge is 2.31. The summed E-state index contributed by atoms with van der Waals surface area (Å²) in [5, 5.41) is 3.28. The predicted octanol–water partition coefficient (Wildman–Crippen LogP) is 6.11. The van der Waals surface area contributed by atoms with Crippen LogP contribution in [0.1, 0.15) is 50.7 Å². The van der Waals surface area contributed by atoms with Crippen molar-refractivity contribution in [2.75, 3.05) is 23.3 Å². The van der Waals surface area contributed by atoms with Gasteiger partial charge in [-0.15, -0.1) is 0 Å². The third kappa shape index (κ3) is 6.44. The van der Waals surface area contributed by atoms with E-state index < -0.39 is 17.8 Å². The highest BCUT2D eigenvalue weighted by atomic mass is 35.5. The fourth-order valence-electron chi connectivity index (χ4n) is 4.22. The highest BCUT2D eigenvalue weighted by Crippen LogP contribution is 2.32. The van der Waals surface area contributed by atoms with Gasteiger partial charge in [-0.1, -0.05) is 30.7 Å². The summed E-state index contributed by atoms with van der Waals surface area (Å²) < 4.78 is 38.6. The van der Waals surface area contributed by atoms with E-state index in [4.69, 9.17) is 11.6 Å². The number of amides is 2. The Hall–Kier alpha value is -2.74. The number of carbonyl (C=O) groups is 2. The summed E-state index contributed by atoms with van der Waals surface area (Å²) in [6.07, 6.45) is -1.16. The molecule has 1 aliphatic rings. The number of anilines is 2. The van der Waals surface area contributed by atoms with Crippen LogP contribution in [0.2, 0.25) is 5.02 Å². The van der Waals surface area contributed by atoms with Crippen LogP contribution in [0.15, 0.2) is 42.5 Å². The van der Waals surface area contributed by atoms with Crippen molar-refractivity contribution in [1.29, 1.82) is 0 Å². The molecule has 0 aliphatic carbocycles. The average molecular weight is 496 g/mol. The van der Waals surface area contributed by atoms with E-state index in [-0.39, 0.29) is 11.8 Å². The minimum atomic E-state index is -4.37. The second-order valence-corrected chi connectivity index (χ2v) is 8.90. The molecule has 2 amide bonds. The minimum Gasteiger partial charge on any atom is -0.366 e. The van der Waals surface area contributed by atoms with Crippen LogP contribution in [0.3, 0.4) is 0 Å². The Kier molecular flexibility index (Phi) is 8.47. The lowest BCUT2D eigenvalue weighted by Gasteiger charge is -2.34. The molecule has 0 saturated carbocycles. The monoisotopic (exact) mass is 495 g/mol. The Bertz CT molecular complexity index is 1010. The van der Waals surface area contributed by atoms with Gasteiger partial charge in [0.15, 0.2) is 0 Å². The lowest BCUT2D eigenvalue weighted by atomic mass is 10.0. The van der Waals surface area contributed by atoms with E-state index in [1.54, 1.807) is 23.1 Å². The number of piperidine rings is 1. The Morgan fingerprint density at radius 1 is 1.15 bits per heavy atom. The first-order valence-corrected chi connectivity index (χ1v) is 11.8. The maximum absolute atomic E-state index is 12.9. The van der Waals surface area contributed by atoms with E-state index >= 15 is 0 Å². The van der Waals surface area contributed by atoms with Crippen molar-refractivity contribution in [3.63, 3.8) is 0 Å². The largest absolute Gasteiger partial charge is 0.416 e. The van der Waals surface area contributed by atoms with Gasteiger partial charge in [0.1, 0.15) is 6.04 Å². The number of likely N-dealkylation sites (tertiary alicyclic amines) is 1. The molecule has 184 valence electrons. The van der Waals surface area contributed by atoms with Crippen LogP contribution < -0.4 is 10.2 Å². The van der Waals surface area contributed by atoms with E-state index in [1.165, 1.54) is 19.1 Å². The fourth-order valence-corrected chi connectivity index (χ4v) is 4.52. The summed E-state index contributed by atoms with van der Waals surface area (Å²) in [5.41, 5.74) is 1.30. The zero-order valence-corrected chi connectivity index (χ0v) is 20.0. The lowest BCUT2D eigenvalue weighted by Crippen LogP contribution is -2.49. The van der Waals surface area contributed by atoms with Crippen molar-refractivity contribution in [2.45, 2.75) is 58.3 Å². The lowest BCUT2D eigenvalue weighted by molar-refractivity contribution is -0.138. The van der Waals surface area contributed by atoms with Gasteiger partial charge >= 0.3 is 6.18 Å². The van der Waals surface area contributed by atoms with E-state index in [9.17, 15) is 22.8 Å². The number of halogens is 4. The van der Waals surface area contributed by atoms with Crippen molar-refractivity contribution >= 4 is 34.8 Å². The first kappa shape index (κ1) is 25.9. The van der Waals surface area contributed by atoms with Gasteiger partial charge in [0.2, 0.25) is 11.8 Å². The molecule has 3 rings (SSSR count). The van der Waals surface area contributed by atoms with Crippen LogP contribution in [-0.2, 0) is 22.3 Å². The first-order valence-electron chi connectivity index (χ1n) is 11.4. The number of rotatable bonds is 7. The van der Waals surface area contributed by atoms with Gasteiger partial charge in [-0.2, -0.15) is 13.2 Å². The third-order valence-electron chi connectivity index (χ3n) is 5.91. The van der Waals surface area contributed by atoms with Crippen molar-refractivity contribution in [1.82, 2.24) is 4.90 Å². The highest BCUT2D eigenvalue weighted by molar-refractivity contribution is 6.33. The van der Waals surface area contributed by atoms with Crippen LogP contribution in [-0.4, -0.2) is 35.8 Å². The topological polar surface area (TPSA) is 52.7 Å². The van der Waals surface area contributed by atoms with Gasteiger partial charge in [-0.25, -0.2) is 0 Å². The van der Waals surface area contributed by atoms with Gasteiger partial charge in [-0.3, -0.25) is 9.59 Å². The number of hydrogen-bond acceptors (Lipinski definition) is 3. The third-order valence-corrected chi connectivity index (χ3v) is 6.22. The number of benzene rings is 2. The van der Waals surface area contributed by atoms with Crippen LogP contribution >= 0.6 is 11.6 Å². The summed E-state index contributed by atoms with van der Waals surface area (Å²) in [5.74, 6) is -0.361. The summed E-state index contributed by atoms with van der Waals surface area (Å²) in [7, 11) is 0. The SMILES string of the molecule is CCCN(Cc1ccc(C(F)(F)F)cc1)c1ccc(NC(=O)[C@H]2CCCCN2C(C)=O)cc1Cl. The molecule has 1 atom stereocenters. The predicted molar refractivity (Wildman–Crippen MR) is 128 cm³/mol. The maximum Gasteiger partial charge on any atom is 0.416 e. The number of nitrogens with zero attached hydrogens (tertiary/aromatic N) is 2. The molecular formula is C25H29ClF3N3O2. The van der Waals surface area contributed by atoms with E-state index in [0.717, 1.165) is 42.6 Å². The van der Waals surface area contributed by atoms with Crippen molar-refractivity contribution < 1.29 is 22.8 Å². The molecule has 9 heteroatoms. The molecular weight excluding hydrogens is 467 g/mol. The van der Waals surface area contributed by atoms with Gasteiger partial charge in [-0.05, 0) is 61.6 Å². The molecule has 0 aromatic heterocycles. The summed E-state index contributed by atoms with van der Waals surface area (Å²) in [6.45, 7) is 5.10. The number of alkyl halides is 3. The number of carbonyl (C=O) groups excluding carboxylic acids is 2. The Balaban J connectivity index is 1.73. The van der Waals surface area contributed by atoms with Gasteiger partial charge in [0.05, 0.1) is 16.3 Å². The van der Waals surface area contributed by atoms with Gasteiger partial charge in [0.25, 0.3) is 0 Å². The van der Waals surface area contributed by atoms with Gasteiger partial charge < -0.3 is 15.1 Å². The first-order chi connectivity index (χ1) is 16.1. The summed E-state index contributed by atoms with van der Waals surface area (Å²) >= 11 is 6.55. The fraction of sp³-hybridized carbons (Fsp3) is 0.440. The molecule has 1 fully saturated rings. The molecule has 2 aromatic rings. The number of nitrogens with one attached hydrogen (secondary N) is 1. The molecule has 0 radical (unpaired) electrons. The van der Waals surface area contributed by atoms with E-state index in [1.807, 2.05) is 11.8 Å². The standard InChI is InChI=1S/C25H29ClF3N3O2/c1-3-13-31(16-18-7-9-19(10-8-18)25(27,28)29)22-12-11-20(15-21(22)26)30-24(34)23-6-4-5-14-32(23)17(2)33/h7-12,15,23H,3-6,13-14,16H2,1-2H3,(H,30,34)/t23-/m1/s1. The Labute approximate surface area is 202 Å². The molecule has 0 bridgehead atoms. The quantitative estimate of drug-likeness (QED) is 0.504. The second kappa shape index (κ2) is 11.1. The van der Waals surface area contributed by atoms with Crippen LogP contribution in [0.5, 0.6) is 0 Å². The van der Waals surface area contributed by atoms with Crippen LogP contribution in [0.4, 0.5) is 24.5 Å². The van der Waals surface area contributed by atoms with E-state index in [2.05, 4.69) is 5.32 Å². The Morgan fingerprint density at radius 2 is 1.85 bits per heavy atom. The summed E-state index contributed by atoms with van der Waals surface area (Å²) in [4.78, 5) is 28.3. The smallest absolute Gasteiger partial charge is 0.366 e. The molecule has 0 spiro atoms. The van der Waals surface area contributed by atoms with Crippen LogP contribution in [0, 0.1) is 0 Å². The maximum atomic E-state index is 12.9. The molecule has 1 N–H and O–H groups in total. The molecule has 1 heterocycles. The van der Waals surface area contributed by atoms with E-state index in [0.29, 0.717) is 36.8 Å². The minimum absolute atomic E-state index is 0.119. The molecule has 5 nitrogen and oxygen atoms in total. The zero-order valence-electron chi connectivity index (χ0n) is 19.3.